The highest BCUT2D eigenvalue weighted by molar-refractivity contribution is 8.02. The van der Waals surface area contributed by atoms with Crippen LogP contribution in [0.5, 0.6) is 0 Å². The highest BCUT2D eigenvalue weighted by Gasteiger charge is 2.54. The average Bonchev–Trinajstić information content (AvgIpc) is 3.25. The molecule has 0 saturated carbocycles. The maximum Gasteiger partial charge on any atom is 0.471 e. The van der Waals surface area contributed by atoms with E-state index in [0.29, 0.717) is 28.4 Å². The van der Waals surface area contributed by atoms with Gasteiger partial charge in [0.2, 0.25) is 0 Å². The van der Waals surface area contributed by atoms with Crippen molar-refractivity contribution >= 4 is 69.4 Å². The van der Waals surface area contributed by atoms with Crippen LogP contribution in [-0.4, -0.2) is 80.6 Å². The molecule has 0 spiro atoms. The number of carbonyl (C=O) groups is 4. The molecule has 11 nitrogen and oxygen atoms in total. The van der Waals surface area contributed by atoms with E-state index in [9.17, 15) is 37.5 Å². The molecule has 1 aromatic heterocycles. The van der Waals surface area contributed by atoms with Crippen LogP contribution in [0.2, 0.25) is 0 Å². The first kappa shape index (κ1) is 26.6. The number of nitrogens with zero attached hydrogens (tertiary/aromatic N) is 3. The van der Waals surface area contributed by atoms with Crippen molar-refractivity contribution in [3.63, 3.8) is 0 Å². The molecule has 0 bridgehead atoms. The van der Waals surface area contributed by atoms with Gasteiger partial charge in [0.05, 0.1) is 0 Å². The third kappa shape index (κ3) is 5.62. The molecule has 1 saturated heterocycles. The molecule has 2 aliphatic heterocycles. The van der Waals surface area contributed by atoms with Crippen LogP contribution in [-0.2, 0) is 24.0 Å². The Hall–Kier alpha value is -3.05. The summed E-state index contributed by atoms with van der Waals surface area (Å²) in [6.07, 6.45) is -5.13. The number of hydrogen-bond donors (Lipinski definition) is 3. The molecule has 0 radical (unpaired) electrons. The smallest absolute Gasteiger partial charge is 0.471 e. The van der Waals surface area contributed by atoms with Crippen LogP contribution in [0.4, 0.5) is 18.3 Å². The summed E-state index contributed by atoms with van der Waals surface area (Å²) in [7, 11) is 1.12. The van der Waals surface area contributed by atoms with Gasteiger partial charge in [0, 0.05) is 16.9 Å². The topological polar surface area (TPSA) is 150 Å². The number of rotatable bonds is 9. The van der Waals surface area contributed by atoms with Crippen molar-refractivity contribution in [3.05, 3.63) is 34.3 Å². The zero-order chi connectivity index (χ0) is 25.9. The van der Waals surface area contributed by atoms with Crippen molar-refractivity contribution in [2.45, 2.75) is 17.6 Å². The lowest BCUT2D eigenvalue weighted by molar-refractivity contribution is -0.167. The second-order valence-electron chi connectivity index (χ2n) is 6.71. The Kier molecular flexibility index (Phi) is 8.11. The maximum atomic E-state index is 12.8. The van der Waals surface area contributed by atoms with E-state index in [1.165, 1.54) is 28.9 Å². The summed E-state index contributed by atoms with van der Waals surface area (Å²) in [6.45, 7) is 3.57. The summed E-state index contributed by atoms with van der Waals surface area (Å²) in [4.78, 5) is 57.9. The first-order chi connectivity index (χ1) is 16.5. The summed E-state index contributed by atoms with van der Waals surface area (Å²) in [5.41, 5.74) is -0.268. The zero-order valence-electron chi connectivity index (χ0n) is 17.6. The lowest BCUT2D eigenvalue weighted by Crippen LogP contribution is -2.71. The van der Waals surface area contributed by atoms with Gasteiger partial charge in [0.15, 0.2) is 10.8 Å². The number of anilines is 1. The number of alkyl halides is 3. The molecule has 3 heterocycles. The number of carboxylic acid groups (broad SMARTS) is 1. The van der Waals surface area contributed by atoms with Crippen LogP contribution in [0, 0.1) is 0 Å². The summed E-state index contributed by atoms with van der Waals surface area (Å²) >= 11 is 3.16. The number of nitrogens with one attached hydrogen (secondary N) is 2. The van der Waals surface area contributed by atoms with Crippen LogP contribution in [0.3, 0.4) is 0 Å². The Balaban J connectivity index is 1.75. The Morgan fingerprint density at radius 1 is 1.46 bits per heavy atom. The molecule has 35 heavy (non-hydrogen) atoms. The van der Waals surface area contributed by atoms with E-state index in [0.717, 1.165) is 12.0 Å². The van der Waals surface area contributed by atoms with Gasteiger partial charge in [-0.25, -0.2) is 9.78 Å². The molecular formula is C18H16F3N5O6S3. The minimum absolute atomic E-state index is 0.145. The first-order valence-electron chi connectivity index (χ1n) is 9.38. The van der Waals surface area contributed by atoms with Gasteiger partial charge in [-0.1, -0.05) is 11.7 Å². The standard InChI is InChI=1S/C18H16F3N5O6S3/c1-3-33-4-7-5-34-14-10(13(28)26(14)11(7)15(29)30)23-12(27)9(25-32-2)8-6-35-17(22-8)24-16(31)18(19,20)21/h3,6,10,14H,1,4-5H2,2H3,(H,23,27)(H,29,30)(H,22,24,31)/b25-9+/t10?,14-/m1/s1. The molecule has 188 valence electrons. The summed E-state index contributed by atoms with van der Waals surface area (Å²) in [6, 6.07) is -1.08. The predicted molar refractivity (Wildman–Crippen MR) is 123 cm³/mol. The zero-order valence-corrected chi connectivity index (χ0v) is 20.1. The van der Waals surface area contributed by atoms with Crippen molar-refractivity contribution in [2.24, 2.45) is 5.16 Å². The Labute approximate surface area is 207 Å². The Morgan fingerprint density at radius 3 is 2.77 bits per heavy atom. The fourth-order valence-electron chi connectivity index (χ4n) is 3.07. The molecule has 2 aliphatic rings. The number of amides is 3. The highest BCUT2D eigenvalue weighted by Crippen LogP contribution is 2.41. The number of oxime groups is 1. The Morgan fingerprint density at radius 2 is 2.17 bits per heavy atom. The van der Waals surface area contributed by atoms with Gasteiger partial charge in [0.1, 0.15) is 29.9 Å². The molecule has 1 unspecified atom stereocenters. The summed E-state index contributed by atoms with van der Waals surface area (Å²) in [5, 5.41) is 18.7. The van der Waals surface area contributed by atoms with Gasteiger partial charge in [-0.15, -0.1) is 34.9 Å². The Bertz CT molecular complexity index is 1140. The van der Waals surface area contributed by atoms with Crippen molar-refractivity contribution in [3.8, 4) is 0 Å². The average molecular weight is 552 g/mol. The maximum absolute atomic E-state index is 12.8. The first-order valence-corrected chi connectivity index (χ1v) is 12.4. The molecule has 0 aliphatic carbocycles. The second kappa shape index (κ2) is 10.7. The van der Waals surface area contributed by atoms with Crippen molar-refractivity contribution in [1.82, 2.24) is 15.2 Å². The number of aromatic nitrogens is 1. The van der Waals surface area contributed by atoms with Crippen LogP contribution < -0.4 is 10.6 Å². The van der Waals surface area contributed by atoms with Crippen molar-refractivity contribution in [1.29, 1.82) is 0 Å². The fourth-order valence-corrected chi connectivity index (χ4v) is 5.79. The molecule has 1 aromatic rings. The lowest BCUT2D eigenvalue weighted by Gasteiger charge is -2.49. The van der Waals surface area contributed by atoms with Gasteiger partial charge < -0.3 is 15.3 Å². The number of β-lactam (4-membered cyclic amide) rings is 1. The van der Waals surface area contributed by atoms with Gasteiger partial charge in [0.25, 0.3) is 11.8 Å². The second-order valence-corrected chi connectivity index (χ2v) is 9.63. The van der Waals surface area contributed by atoms with E-state index in [4.69, 9.17) is 0 Å². The number of fused-ring (bicyclic) bond motifs is 1. The van der Waals surface area contributed by atoms with E-state index >= 15 is 0 Å². The van der Waals surface area contributed by atoms with E-state index in [1.54, 1.807) is 10.7 Å². The molecular weight excluding hydrogens is 535 g/mol. The molecule has 0 aromatic carbocycles. The van der Waals surface area contributed by atoms with Crippen LogP contribution in [0.1, 0.15) is 5.69 Å². The van der Waals surface area contributed by atoms with Crippen molar-refractivity contribution in [2.75, 3.05) is 23.9 Å². The minimum atomic E-state index is -5.13. The number of halogens is 3. The molecule has 3 amide bonds. The number of thioether (sulfide) groups is 2. The van der Waals surface area contributed by atoms with E-state index < -0.39 is 52.1 Å². The lowest BCUT2D eigenvalue weighted by atomic mass is 10.0. The minimum Gasteiger partial charge on any atom is -0.477 e. The van der Waals surface area contributed by atoms with Crippen molar-refractivity contribution < 1.29 is 42.3 Å². The predicted octanol–water partition coefficient (Wildman–Crippen LogP) is 1.61. The van der Waals surface area contributed by atoms with E-state index in [2.05, 4.69) is 26.9 Å². The monoisotopic (exact) mass is 551 g/mol. The molecule has 3 N–H and O–H groups in total. The summed E-state index contributed by atoms with van der Waals surface area (Å²) in [5.74, 6) is -4.44. The normalized spacial score (nSPS) is 20.1. The molecule has 2 atom stereocenters. The van der Waals surface area contributed by atoms with Crippen LogP contribution in [0.15, 0.2) is 33.8 Å². The SMILES string of the molecule is C=CSCC1=C(C(=O)O)N2C(=O)C(NC(=O)/C(=N/OC)c3csc(NC(=O)C(F)(F)F)n3)[C@H]2SC1. The molecule has 17 heteroatoms. The number of aliphatic carboxylic acids is 1. The van der Waals surface area contributed by atoms with Gasteiger partial charge in [-0.3, -0.25) is 24.6 Å². The largest absolute Gasteiger partial charge is 0.477 e. The molecule has 3 rings (SSSR count). The van der Waals surface area contributed by atoms with Crippen LogP contribution in [0.25, 0.3) is 0 Å². The van der Waals surface area contributed by atoms with Gasteiger partial charge >= 0.3 is 18.1 Å². The third-order valence-corrected chi connectivity index (χ3v) is 7.38. The van der Waals surface area contributed by atoms with Crippen LogP contribution >= 0.6 is 34.9 Å². The fraction of sp³-hybridized carbons (Fsp3) is 0.333. The summed E-state index contributed by atoms with van der Waals surface area (Å²) < 4.78 is 37.3. The third-order valence-electron chi connectivity index (χ3n) is 4.53. The number of carbonyl (C=O) groups excluding carboxylic acids is 3. The number of hydrogen-bond acceptors (Lipinski definition) is 10. The van der Waals surface area contributed by atoms with Gasteiger partial charge in [-0.05, 0) is 11.0 Å². The number of carboxylic acids is 1. The highest BCUT2D eigenvalue weighted by atomic mass is 32.2. The van der Waals surface area contributed by atoms with Gasteiger partial charge in [-0.2, -0.15) is 13.2 Å². The van der Waals surface area contributed by atoms with E-state index in [1.807, 2.05) is 0 Å². The quantitative estimate of drug-likeness (QED) is 0.236. The number of thiazole rings is 1. The molecule has 1 fully saturated rings. The van der Waals surface area contributed by atoms with E-state index in [-0.39, 0.29) is 11.4 Å².